The van der Waals surface area contributed by atoms with Gasteiger partial charge in [0.2, 0.25) is 0 Å². The van der Waals surface area contributed by atoms with Crippen LogP contribution in [0.15, 0.2) is 6.07 Å². The number of hydrogen-bond donors (Lipinski definition) is 1. The molecule has 1 aliphatic rings. The number of carboxylic acids is 1. The van der Waals surface area contributed by atoms with E-state index in [0.717, 1.165) is 17.7 Å². The number of aromatic carboxylic acids is 1. The molecule has 0 spiro atoms. The summed E-state index contributed by atoms with van der Waals surface area (Å²) in [5, 5.41) is 9.14. The van der Waals surface area contributed by atoms with Crippen LogP contribution in [-0.2, 0) is 16.3 Å². The molecule has 1 fully saturated rings. The molecule has 1 aromatic heterocycles. The number of carboxylic acid groups (broad SMARTS) is 1. The first-order valence-electron chi connectivity index (χ1n) is 6.14. The number of carbonyl (C=O) groups is 1. The predicted molar refractivity (Wildman–Crippen MR) is 73.0 cm³/mol. The van der Waals surface area contributed by atoms with Crippen LogP contribution >= 0.6 is 11.3 Å². The highest BCUT2D eigenvalue weighted by atomic mass is 32.2. The predicted octanol–water partition coefficient (Wildman–Crippen LogP) is 1.96. The molecule has 0 amide bonds. The molecule has 1 N–H and O–H groups in total. The van der Waals surface area contributed by atoms with E-state index in [1.54, 1.807) is 6.07 Å². The fraction of sp³-hybridized carbons (Fsp3) is 0.583. The van der Waals surface area contributed by atoms with Crippen molar-refractivity contribution in [3.63, 3.8) is 0 Å². The number of ether oxygens (including phenoxy) is 1. The van der Waals surface area contributed by atoms with E-state index >= 15 is 0 Å². The molecule has 1 aromatic rings. The topological polar surface area (TPSA) is 80.7 Å². The second-order valence-electron chi connectivity index (χ2n) is 4.60. The molecule has 0 saturated carbocycles. The molecule has 19 heavy (non-hydrogen) atoms. The molecule has 0 aromatic carbocycles. The van der Waals surface area contributed by atoms with Gasteiger partial charge in [-0.1, -0.05) is 13.3 Å². The van der Waals surface area contributed by atoms with Gasteiger partial charge < -0.3 is 9.84 Å². The van der Waals surface area contributed by atoms with Crippen molar-refractivity contribution in [2.75, 3.05) is 11.5 Å². The monoisotopic (exact) mass is 304 g/mol. The molecule has 1 saturated heterocycles. The third-order valence-electron chi connectivity index (χ3n) is 2.92. The minimum atomic E-state index is -3.02. The van der Waals surface area contributed by atoms with Gasteiger partial charge in [0.05, 0.1) is 11.5 Å². The average Bonchev–Trinajstić information content (AvgIpc) is 2.84. The van der Waals surface area contributed by atoms with Gasteiger partial charge >= 0.3 is 5.97 Å². The van der Waals surface area contributed by atoms with Gasteiger partial charge in [-0.05, 0) is 18.9 Å². The van der Waals surface area contributed by atoms with Crippen molar-refractivity contribution in [2.45, 2.75) is 32.3 Å². The zero-order chi connectivity index (χ0) is 14.0. The van der Waals surface area contributed by atoms with E-state index in [-0.39, 0.29) is 16.4 Å². The third kappa shape index (κ3) is 3.48. The molecule has 0 radical (unpaired) electrons. The number of hydrogen-bond acceptors (Lipinski definition) is 5. The maximum Gasteiger partial charge on any atom is 0.349 e. The van der Waals surface area contributed by atoms with Crippen LogP contribution in [0.1, 0.15) is 34.3 Å². The molecule has 0 bridgehead atoms. The maximum atomic E-state index is 11.4. The highest BCUT2D eigenvalue weighted by Crippen LogP contribution is 2.32. The minimum Gasteiger partial charge on any atom is -0.488 e. The van der Waals surface area contributed by atoms with Crippen LogP contribution in [0.5, 0.6) is 5.75 Å². The lowest BCUT2D eigenvalue weighted by molar-refractivity contribution is 0.0696. The van der Waals surface area contributed by atoms with Gasteiger partial charge in [-0.25, -0.2) is 13.2 Å². The Labute approximate surface area is 116 Å². The van der Waals surface area contributed by atoms with Gasteiger partial charge in [-0.3, -0.25) is 0 Å². The largest absolute Gasteiger partial charge is 0.488 e. The number of aryl methyl sites for hydroxylation is 1. The summed E-state index contributed by atoms with van der Waals surface area (Å²) in [7, 11) is -3.02. The molecular weight excluding hydrogens is 288 g/mol. The fourth-order valence-electron chi connectivity index (χ4n) is 2.06. The van der Waals surface area contributed by atoms with Crippen molar-refractivity contribution < 1.29 is 23.1 Å². The second kappa shape index (κ2) is 5.50. The Morgan fingerprint density at radius 2 is 2.32 bits per heavy atom. The standard InChI is InChI=1S/C12H16O5S2/c1-2-3-9-6-10(11(18-9)12(13)14)17-8-4-5-19(15,16)7-8/h6,8H,2-5,7H2,1H3,(H,13,14). The lowest BCUT2D eigenvalue weighted by Gasteiger charge is -2.10. The maximum absolute atomic E-state index is 11.4. The molecule has 2 rings (SSSR count). The summed E-state index contributed by atoms with van der Waals surface area (Å²) >= 11 is 1.20. The third-order valence-corrected chi connectivity index (χ3v) is 5.83. The number of thiophene rings is 1. The van der Waals surface area contributed by atoms with Crippen molar-refractivity contribution in [3.05, 3.63) is 15.8 Å². The SMILES string of the molecule is CCCc1cc(OC2CCS(=O)(=O)C2)c(C(=O)O)s1. The van der Waals surface area contributed by atoms with Gasteiger partial charge in [-0.15, -0.1) is 11.3 Å². The van der Waals surface area contributed by atoms with Crippen molar-refractivity contribution in [1.29, 1.82) is 0 Å². The number of sulfone groups is 1. The van der Waals surface area contributed by atoms with Gasteiger partial charge in [0.15, 0.2) is 14.7 Å². The summed E-state index contributed by atoms with van der Waals surface area (Å²) in [6, 6.07) is 1.72. The van der Waals surface area contributed by atoms with Crippen molar-refractivity contribution in [2.24, 2.45) is 0 Å². The lowest BCUT2D eigenvalue weighted by atomic mass is 10.2. The minimum absolute atomic E-state index is 0.0228. The molecule has 1 aliphatic heterocycles. The van der Waals surface area contributed by atoms with Crippen LogP contribution in [0.2, 0.25) is 0 Å². The van der Waals surface area contributed by atoms with Crippen LogP contribution in [0.4, 0.5) is 0 Å². The first-order chi connectivity index (χ1) is 8.91. The molecule has 7 heteroatoms. The molecule has 106 valence electrons. The highest BCUT2D eigenvalue weighted by molar-refractivity contribution is 7.91. The van der Waals surface area contributed by atoms with E-state index in [1.807, 2.05) is 6.92 Å². The molecule has 0 aliphatic carbocycles. The highest BCUT2D eigenvalue weighted by Gasteiger charge is 2.31. The van der Waals surface area contributed by atoms with E-state index in [2.05, 4.69) is 0 Å². The Bertz CT molecular complexity index is 573. The van der Waals surface area contributed by atoms with Gasteiger partial charge in [-0.2, -0.15) is 0 Å². The quantitative estimate of drug-likeness (QED) is 0.899. The van der Waals surface area contributed by atoms with Crippen LogP contribution in [0.25, 0.3) is 0 Å². The summed E-state index contributed by atoms with van der Waals surface area (Å²) in [6.45, 7) is 2.02. The second-order valence-corrected chi connectivity index (χ2v) is 7.97. The lowest BCUT2D eigenvalue weighted by Crippen LogP contribution is -2.18. The molecule has 1 unspecified atom stereocenters. The van der Waals surface area contributed by atoms with E-state index in [1.165, 1.54) is 11.3 Å². The smallest absolute Gasteiger partial charge is 0.349 e. The van der Waals surface area contributed by atoms with E-state index in [4.69, 9.17) is 9.84 Å². The van der Waals surface area contributed by atoms with Crippen LogP contribution in [0.3, 0.4) is 0 Å². The van der Waals surface area contributed by atoms with Gasteiger partial charge in [0.25, 0.3) is 0 Å². The van der Waals surface area contributed by atoms with Crippen LogP contribution < -0.4 is 4.74 Å². The molecule has 5 nitrogen and oxygen atoms in total. The van der Waals surface area contributed by atoms with E-state index < -0.39 is 21.9 Å². The first-order valence-corrected chi connectivity index (χ1v) is 8.78. The van der Waals surface area contributed by atoms with Crippen molar-refractivity contribution in [1.82, 2.24) is 0 Å². The number of rotatable bonds is 5. The van der Waals surface area contributed by atoms with Crippen LogP contribution in [-0.4, -0.2) is 37.1 Å². The normalized spacial score (nSPS) is 21.4. The average molecular weight is 304 g/mol. The Morgan fingerprint density at radius 1 is 1.58 bits per heavy atom. The van der Waals surface area contributed by atoms with E-state index in [0.29, 0.717) is 12.2 Å². The summed E-state index contributed by atoms with van der Waals surface area (Å²) in [5.74, 6) is -0.622. The van der Waals surface area contributed by atoms with Crippen LogP contribution in [0, 0.1) is 0 Å². The Morgan fingerprint density at radius 3 is 2.84 bits per heavy atom. The van der Waals surface area contributed by atoms with Gasteiger partial charge in [0.1, 0.15) is 11.9 Å². The summed E-state index contributed by atoms with van der Waals surface area (Å²) in [6.07, 6.45) is 1.74. The molecular formula is C12H16O5S2. The summed E-state index contributed by atoms with van der Waals surface area (Å²) in [5.41, 5.74) is 0. The zero-order valence-electron chi connectivity index (χ0n) is 10.6. The summed E-state index contributed by atoms with van der Waals surface area (Å²) in [4.78, 5) is 12.3. The Balaban J connectivity index is 2.17. The Kier molecular flexibility index (Phi) is 4.15. The zero-order valence-corrected chi connectivity index (χ0v) is 12.2. The van der Waals surface area contributed by atoms with Crippen molar-refractivity contribution >= 4 is 27.1 Å². The van der Waals surface area contributed by atoms with E-state index in [9.17, 15) is 13.2 Å². The summed E-state index contributed by atoms with van der Waals surface area (Å²) < 4.78 is 28.3. The fourth-order valence-corrected chi connectivity index (χ4v) is 4.68. The molecule has 1 atom stereocenters. The molecule has 2 heterocycles. The van der Waals surface area contributed by atoms with Gasteiger partial charge in [0, 0.05) is 4.88 Å². The van der Waals surface area contributed by atoms with Crippen molar-refractivity contribution in [3.8, 4) is 5.75 Å². The Hall–Kier alpha value is -1.08. The first kappa shape index (κ1) is 14.3.